The number of piperidine rings is 1. The third-order valence-corrected chi connectivity index (χ3v) is 8.99. The van der Waals surface area contributed by atoms with Gasteiger partial charge in [0.2, 0.25) is 21.8 Å². The number of rotatable bonds is 3. The highest BCUT2D eigenvalue weighted by atomic mass is 32.2. The molecule has 2 atom stereocenters. The molecule has 4 aliphatic rings. The third-order valence-electron chi connectivity index (χ3n) is 6.99. The van der Waals surface area contributed by atoms with Crippen LogP contribution in [0, 0.1) is 0 Å². The predicted octanol–water partition coefficient (Wildman–Crippen LogP) is 2.40. The van der Waals surface area contributed by atoms with Gasteiger partial charge < -0.3 is 0 Å². The Morgan fingerprint density at radius 3 is 2.04 bits per heavy atom. The first-order valence-electron chi connectivity index (χ1n) is 10.5. The molecule has 0 saturated carbocycles. The molecule has 6 nitrogen and oxygen atoms in total. The summed E-state index contributed by atoms with van der Waals surface area (Å²) in [4.78, 5) is 26.1. The number of carbonyl (C=O) groups excluding carboxylic acids is 2. The molecule has 2 bridgehead atoms. The summed E-state index contributed by atoms with van der Waals surface area (Å²) in [5.41, 5.74) is 2.45. The Morgan fingerprint density at radius 1 is 0.786 bits per heavy atom. The van der Waals surface area contributed by atoms with Crippen molar-refractivity contribution in [2.45, 2.75) is 87.2 Å². The second-order valence-corrected chi connectivity index (χ2v) is 10.5. The Labute approximate surface area is 165 Å². The van der Waals surface area contributed by atoms with E-state index in [0.717, 1.165) is 32.1 Å². The van der Waals surface area contributed by atoms with E-state index < -0.39 is 10.0 Å². The monoisotopic (exact) mass is 402 g/mol. The van der Waals surface area contributed by atoms with E-state index in [2.05, 4.69) is 0 Å². The van der Waals surface area contributed by atoms with Crippen LogP contribution in [0.5, 0.6) is 0 Å². The van der Waals surface area contributed by atoms with E-state index in [1.807, 2.05) is 12.1 Å². The Hall–Kier alpha value is -1.73. The number of hydrogen-bond donors (Lipinski definition) is 0. The van der Waals surface area contributed by atoms with Gasteiger partial charge in [-0.3, -0.25) is 14.5 Å². The maximum Gasteiger partial charge on any atom is 0.243 e. The number of nitrogens with zero attached hydrogens (tertiary/aromatic N) is 2. The van der Waals surface area contributed by atoms with Crippen molar-refractivity contribution >= 4 is 21.8 Å². The van der Waals surface area contributed by atoms with Crippen LogP contribution in [0.2, 0.25) is 0 Å². The molecule has 28 heavy (non-hydrogen) atoms. The van der Waals surface area contributed by atoms with Gasteiger partial charge in [-0.05, 0) is 74.6 Å². The number of aryl methyl sites for hydroxylation is 2. The molecule has 7 heteroatoms. The van der Waals surface area contributed by atoms with Crippen LogP contribution in [0.4, 0.5) is 0 Å². The Kier molecular flexibility index (Phi) is 4.36. The second-order valence-electron chi connectivity index (χ2n) is 8.64. The molecule has 1 aliphatic carbocycles. The first kappa shape index (κ1) is 18.3. The van der Waals surface area contributed by atoms with Gasteiger partial charge in [-0.1, -0.05) is 6.07 Å². The van der Waals surface area contributed by atoms with Gasteiger partial charge in [0.1, 0.15) is 0 Å². The van der Waals surface area contributed by atoms with E-state index in [9.17, 15) is 18.0 Å². The molecule has 5 rings (SSSR count). The highest BCUT2D eigenvalue weighted by molar-refractivity contribution is 7.89. The second kappa shape index (κ2) is 6.66. The van der Waals surface area contributed by atoms with Gasteiger partial charge in [0.05, 0.1) is 4.90 Å². The summed E-state index contributed by atoms with van der Waals surface area (Å²) < 4.78 is 28.6. The molecule has 2 amide bonds. The van der Waals surface area contributed by atoms with Gasteiger partial charge in [0, 0.05) is 31.0 Å². The van der Waals surface area contributed by atoms with Gasteiger partial charge >= 0.3 is 0 Å². The number of sulfonamides is 1. The highest BCUT2D eigenvalue weighted by Crippen LogP contribution is 2.42. The standard InChI is InChI=1S/C21H26N2O4S/c24-20-9-10-21(25)22(20)18-12-16-6-7-17(13-18)23(16)28(26,27)19-8-5-14-3-1-2-4-15(14)11-19/h5,8,11,16-18H,1-4,6-7,9-10,12-13H2. The Bertz CT molecular complexity index is 912. The van der Waals surface area contributed by atoms with Crippen LogP contribution < -0.4 is 0 Å². The zero-order valence-electron chi connectivity index (χ0n) is 16.0. The van der Waals surface area contributed by atoms with Crippen molar-refractivity contribution in [3.63, 3.8) is 0 Å². The molecule has 3 saturated heterocycles. The summed E-state index contributed by atoms with van der Waals surface area (Å²) in [6.45, 7) is 0. The Morgan fingerprint density at radius 2 is 1.39 bits per heavy atom. The number of hydrogen-bond acceptors (Lipinski definition) is 4. The molecular weight excluding hydrogens is 376 g/mol. The molecule has 3 aliphatic heterocycles. The number of fused-ring (bicyclic) bond motifs is 3. The minimum Gasteiger partial charge on any atom is -0.279 e. The van der Waals surface area contributed by atoms with E-state index in [4.69, 9.17) is 0 Å². The zero-order chi connectivity index (χ0) is 19.5. The molecule has 0 N–H and O–H groups in total. The van der Waals surface area contributed by atoms with Gasteiger partial charge in [-0.2, -0.15) is 4.31 Å². The maximum absolute atomic E-state index is 13.5. The van der Waals surface area contributed by atoms with Crippen LogP contribution in [-0.2, 0) is 32.5 Å². The fraction of sp³-hybridized carbons (Fsp3) is 0.619. The average Bonchev–Trinajstić information content (AvgIpc) is 3.17. The number of imide groups is 1. The third kappa shape index (κ3) is 2.82. The van der Waals surface area contributed by atoms with Crippen LogP contribution in [0.15, 0.2) is 23.1 Å². The van der Waals surface area contributed by atoms with Crippen LogP contribution in [0.1, 0.15) is 62.5 Å². The first-order chi connectivity index (χ1) is 13.4. The van der Waals surface area contributed by atoms with Crippen molar-refractivity contribution in [2.75, 3.05) is 0 Å². The first-order valence-corrected chi connectivity index (χ1v) is 11.9. The normalized spacial score (nSPS) is 30.7. The number of benzene rings is 1. The van der Waals surface area contributed by atoms with Crippen LogP contribution in [-0.4, -0.2) is 47.6 Å². The van der Waals surface area contributed by atoms with Gasteiger partial charge in [-0.15, -0.1) is 0 Å². The molecule has 150 valence electrons. The van der Waals surface area contributed by atoms with Crippen molar-refractivity contribution < 1.29 is 18.0 Å². The largest absolute Gasteiger partial charge is 0.279 e. The van der Waals surface area contributed by atoms with Gasteiger partial charge in [-0.25, -0.2) is 8.42 Å². The molecule has 3 fully saturated rings. The summed E-state index contributed by atoms with van der Waals surface area (Å²) >= 11 is 0. The van der Waals surface area contributed by atoms with Crippen LogP contribution in [0.25, 0.3) is 0 Å². The van der Waals surface area contributed by atoms with E-state index in [1.54, 1.807) is 10.4 Å². The lowest BCUT2D eigenvalue weighted by atomic mass is 9.92. The van der Waals surface area contributed by atoms with Crippen molar-refractivity contribution in [1.82, 2.24) is 9.21 Å². The van der Waals surface area contributed by atoms with Crippen LogP contribution in [0.3, 0.4) is 0 Å². The summed E-state index contributed by atoms with van der Waals surface area (Å²) in [6.07, 6.45) is 7.61. The van der Waals surface area contributed by atoms with E-state index in [1.165, 1.54) is 22.4 Å². The fourth-order valence-electron chi connectivity index (χ4n) is 5.70. The molecule has 0 spiro atoms. The van der Waals surface area contributed by atoms with Gasteiger partial charge in [0.15, 0.2) is 0 Å². The minimum atomic E-state index is -3.56. The molecule has 2 unspecified atom stereocenters. The maximum atomic E-state index is 13.5. The molecule has 1 aromatic carbocycles. The number of amides is 2. The molecular formula is C21H26N2O4S. The summed E-state index contributed by atoms with van der Waals surface area (Å²) in [7, 11) is -3.56. The number of likely N-dealkylation sites (tertiary alicyclic amines) is 1. The summed E-state index contributed by atoms with van der Waals surface area (Å²) in [6, 6.07) is 5.24. The van der Waals surface area contributed by atoms with Gasteiger partial charge in [0.25, 0.3) is 0 Å². The fourth-order valence-corrected chi connectivity index (χ4v) is 7.64. The van der Waals surface area contributed by atoms with Crippen molar-refractivity contribution in [3.05, 3.63) is 29.3 Å². The lowest BCUT2D eigenvalue weighted by Crippen LogP contribution is -2.53. The predicted molar refractivity (Wildman–Crippen MR) is 103 cm³/mol. The summed E-state index contributed by atoms with van der Waals surface area (Å²) in [5.74, 6) is -0.194. The van der Waals surface area contributed by atoms with Crippen LogP contribution >= 0.6 is 0 Å². The summed E-state index contributed by atoms with van der Waals surface area (Å²) in [5, 5.41) is 0. The van der Waals surface area contributed by atoms with Crippen molar-refractivity contribution in [2.24, 2.45) is 0 Å². The smallest absolute Gasteiger partial charge is 0.243 e. The van der Waals surface area contributed by atoms with E-state index in [-0.39, 0.29) is 29.9 Å². The van der Waals surface area contributed by atoms with Crippen molar-refractivity contribution in [1.29, 1.82) is 0 Å². The minimum absolute atomic E-state index is 0.0969. The SMILES string of the molecule is O=C1CCC(=O)N1C1CC2CCC(C1)N2S(=O)(=O)c1ccc2c(c1)CCCC2. The lowest BCUT2D eigenvalue weighted by molar-refractivity contribution is -0.142. The van der Waals surface area contributed by atoms with Crippen molar-refractivity contribution in [3.8, 4) is 0 Å². The number of carbonyl (C=O) groups is 2. The zero-order valence-corrected chi connectivity index (χ0v) is 16.8. The topological polar surface area (TPSA) is 74.8 Å². The molecule has 3 heterocycles. The Balaban J connectivity index is 1.41. The molecule has 0 radical (unpaired) electrons. The van der Waals surface area contributed by atoms with E-state index >= 15 is 0 Å². The van der Waals surface area contributed by atoms with E-state index in [0.29, 0.717) is 30.6 Å². The molecule has 0 aromatic heterocycles. The quantitative estimate of drug-likeness (QED) is 0.728. The average molecular weight is 403 g/mol. The molecule has 1 aromatic rings. The highest BCUT2D eigenvalue weighted by Gasteiger charge is 2.50. The lowest BCUT2D eigenvalue weighted by Gasteiger charge is -2.40.